The summed E-state index contributed by atoms with van der Waals surface area (Å²) in [5.74, 6) is -0.192. The zero-order chi connectivity index (χ0) is 15.6. The van der Waals surface area contributed by atoms with E-state index in [-0.39, 0.29) is 24.3 Å². The number of imide groups is 1. The van der Waals surface area contributed by atoms with Crippen molar-refractivity contribution in [1.29, 1.82) is 0 Å². The predicted octanol–water partition coefficient (Wildman–Crippen LogP) is 2.76. The van der Waals surface area contributed by atoms with Crippen molar-refractivity contribution in [3.05, 3.63) is 29.3 Å². The Labute approximate surface area is 126 Å². The van der Waals surface area contributed by atoms with Crippen molar-refractivity contribution in [2.24, 2.45) is 0 Å². The molecule has 1 unspecified atom stereocenters. The molecule has 1 aliphatic heterocycles. The molecule has 1 aromatic rings. The molecule has 0 aliphatic carbocycles. The first kappa shape index (κ1) is 15.5. The summed E-state index contributed by atoms with van der Waals surface area (Å²) in [6, 6.07) is 5.68. The van der Waals surface area contributed by atoms with E-state index in [2.05, 4.69) is 31.3 Å². The van der Waals surface area contributed by atoms with Gasteiger partial charge in [0.1, 0.15) is 6.04 Å². The second-order valence-electron chi connectivity index (χ2n) is 5.76. The van der Waals surface area contributed by atoms with Crippen LogP contribution < -0.4 is 5.32 Å². The minimum absolute atomic E-state index is 0.0798. The van der Waals surface area contributed by atoms with Crippen LogP contribution in [-0.4, -0.2) is 28.8 Å². The smallest absolute Gasteiger partial charge is 0.252 e. The Hall–Kier alpha value is -1.84. The Morgan fingerprint density at radius 3 is 2.19 bits per heavy atom. The molecule has 0 radical (unpaired) electrons. The molecule has 4 heteroatoms. The summed E-state index contributed by atoms with van der Waals surface area (Å²) in [6.07, 6.45) is 2.05. The standard InChI is InChI=1S/C17H24N2O2/c1-5-12-8-7-9-13(6-2)16(12)18-14-10-15(20)19(11(3)4)17(14)21/h7-9,11,14,18H,5-6,10H2,1-4H3. The van der Waals surface area contributed by atoms with Crippen LogP contribution in [0, 0.1) is 0 Å². The van der Waals surface area contributed by atoms with Gasteiger partial charge in [-0.15, -0.1) is 0 Å². The molecule has 1 atom stereocenters. The molecule has 1 aliphatic rings. The summed E-state index contributed by atoms with van der Waals surface area (Å²) in [4.78, 5) is 25.8. The van der Waals surface area contributed by atoms with Gasteiger partial charge in [0.2, 0.25) is 5.91 Å². The predicted molar refractivity (Wildman–Crippen MR) is 84.2 cm³/mol. The molecule has 4 nitrogen and oxygen atoms in total. The Morgan fingerprint density at radius 2 is 1.76 bits per heavy atom. The molecular formula is C17H24N2O2. The zero-order valence-corrected chi connectivity index (χ0v) is 13.3. The number of para-hydroxylation sites is 1. The number of hydrogen-bond donors (Lipinski definition) is 1. The van der Waals surface area contributed by atoms with Crippen molar-refractivity contribution in [1.82, 2.24) is 4.90 Å². The minimum Gasteiger partial charge on any atom is -0.373 e. The molecule has 114 valence electrons. The maximum absolute atomic E-state index is 12.4. The van der Waals surface area contributed by atoms with Gasteiger partial charge in [-0.1, -0.05) is 32.0 Å². The second-order valence-corrected chi connectivity index (χ2v) is 5.76. The lowest BCUT2D eigenvalue weighted by molar-refractivity contribution is -0.140. The van der Waals surface area contributed by atoms with E-state index in [0.717, 1.165) is 18.5 Å². The number of aryl methyl sites for hydroxylation is 2. The van der Waals surface area contributed by atoms with E-state index >= 15 is 0 Å². The summed E-state index contributed by atoms with van der Waals surface area (Å²) in [7, 11) is 0. The van der Waals surface area contributed by atoms with Crippen LogP contribution in [0.2, 0.25) is 0 Å². The van der Waals surface area contributed by atoms with Gasteiger partial charge in [0.25, 0.3) is 5.91 Å². The fourth-order valence-corrected chi connectivity index (χ4v) is 2.91. The fraction of sp³-hybridized carbons (Fsp3) is 0.529. The van der Waals surface area contributed by atoms with Crippen molar-refractivity contribution >= 4 is 17.5 Å². The maximum atomic E-state index is 12.4. The maximum Gasteiger partial charge on any atom is 0.252 e. The van der Waals surface area contributed by atoms with Gasteiger partial charge < -0.3 is 5.32 Å². The highest BCUT2D eigenvalue weighted by Crippen LogP contribution is 2.27. The van der Waals surface area contributed by atoms with Crippen molar-refractivity contribution in [2.75, 3.05) is 5.32 Å². The van der Waals surface area contributed by atoms with Crippen molar-refractivity contribution in [3.8, 4) is 0 Å². The number of nitrogens with one attached hydrogen (secondary N) is 1. The summed E-state index contributed by atoms with van der Waals surface area (Å²) >= 11 is 0. The SMILES string of the molecule is CCc1cccc(CC)c1NC1CC(=O)N(C(C)C)C1=O. The molecule has 0 saturated carbocycles. The summed E-state index contributed by atoms with van der Waals surface area (Å²) in [6.45, 7) is 7.94. The molecule has 21 heavy (non-hydrogen) atoms. The Kier molecular flexibility index (Phi) is 4.66. The van der Waals surface area contributed by atoms with Crippen LogP contribution in [0.25, 0.3) is 0 Å². The second kappa shape index (κ2) is 6.29. The monoisotopic (exact) mass is 288 g/mol. The third-order valence-corrected chi connectivity index (χ3v) is 4.02. The van der Waals surface area contributed by atoms with E-state index in [1.807, 2.05) is 19.9 Å². The number of rotatable bonds is 5. The van der Waals surface area contributed by atoms with Gasteiger partial charge in [-0.25, -0.2) is 0 Å². The average Bonchev–Trinajstić information content (AvgIpc) is 2.73. The van der Waals surface area contributed by atoms with Gasteiger partial charge in [0.15, 0.2) is 0 Å². The Balaban J connectivity index is 2.27. The van der Waals surface area contributed by atoms with Gasteiger partial charge in [0, 0.05) is 11.7 Å². The summed E-state index contributed by atoms with van der Waals surface area (Å²) in [5, 5.41) is 3.33. The van der Waals surface area contributed by atoms with Crippen LogP contribution in [0.5, 0.6) is 0 Å². The largest absolute Gasteiger partial charge is 0.373 e. The van der Waals surface area contributed by atoms with E-state index in [4.69, 9.17) is 0 Å². The number of carbonyl (C=O) groups excluding carboxylic acids is 2. The van der Waals surface area contributed by atoms with E-state index in [9.17, 15) is 9.59 Å². The Bertz CT molecular complexity index is 529. The van der Waals surface area contributed by atoms with E-state index in [1.54, 1.807) is 0 Å². The zero-order valence-electron chi connectivity index (χ0n) is 13.3. The lowest BCUT2D eigenvalue weighted by atomic mass is 10.0. The van der Waals surface area contributed by atoms with Gasteiger partial charge >= 0.3 is 0 Å². The number of nitrogens with zero attached hydrogens (tertiary/aromatic N) is 1. The van der Waals surface area contributed by atoms with Gasteiger partial charge in [0.05, 0.1) is 6.42 Å². The van der Waals surface area contributed by atoms with E-state index in [1.165, 1.54) is 16.0 Å². The lowest BCUT2D eigenvalue weighted by Crippen LogP contribution is -2.39. The van der Waals surface area contributed by atoms with E-state index in [0.29, 0.717) is 0 Å². The third kappa shape index (κ3) is 2.94. The molecule has 2 rings (SSSR count). The number of amides is 2. The molecule has 0 spiro atoms. The van der Waals surface area contributed by atoms with Gasteiger partial charge in [-0.3, -0.25) is 14.5 Å². The average molecular weight is 288 g/mol. The highest BCUT2D eigenvalue weighted by atomic mass is 16.2. The van der Waals surface area contributed by atoms with Crippen molar-refractivity contribution < 1.29 is 9.59 Å². The fourth-order valence-electron chi connectivity index (χ4n) is 2.91. The summed E-state index contributed by atoms with van der Waals surface area (Å²) < 4.78 is 0. The van der Waals surface area contributed by atoms with Crippen LogP contribution in [0.15, 0.2) is 18.2 Å². The van der Waals surface area contributed by atoms with Gasteiger partial charge in [-0.05, 0) is 37.8 Å². The van der Waals surface area contributed by atoms with E-state index < -0.39 is 6.04 Å². The summed E-state index contributed by atoms with van der Waals surface area (Å²) in [5.41, 5.74) is 3.41. The normalized spacial score (nSPS) is 18.7. The van der Waals surface area contributed by atoms with Crippen LogP contribution in [0.4, 0.5) is 5.69 Å². The van der Waals surface area contributed by atoms with Crippen molar-refractivity contribution in [2.45, 2.75) is 59.0 Å². The number of benzene rings is 1. The van der Waals surface area contributed by atoms with Crippen LogP contribution in [0.1, 0.15) is 45.2 Å². The minimum atomic E-state index is -0.433. The number of anilines is 1. The topological polar surface area (TPSA) is 49.4 Å². The number of carbonyl (C=O) groups is 2. The first-order valence-electron chi connectivity index (χ1n) is 7.72. The molecule has 0 bridgehead atoms. The highest BCUT2D eigenvalue weighted by Gasteiger charge is 2.40. The van der Waals surface area contributed by atoms with Crippen LogP contribution in [0.3, 0.4) is 0 Å². The lowest BCUT2D eigenvalue weighted by Gasteiger charge is -2.21. The molecule has 0 aromatic heterocycles. The first-order valence-corrected chi connectivity index (χ1v) is 7.72. The molecule has 1 fully saturated rings. The molecular weight excluding hydrogens is 264 g/mol. The quantitative estimate of drug-likeness (QED) is 0.848. The molecule has 2 amide bonds. The Morgan fingerprint density at radius 1 is 1.19 bits per heavy atom. The van der Waals surface area contributed by atoms with Gasteiger partial charge in [-0.2, -0.15) is 0 Å². The third-order valence-electron chi connectivity index (χ3n) is 4.02. The number of likely N-dealkylation sites (tertiary alicyclic amines) is 1. The highest BCUT2D eigenvalue weighted by molar-refractivity contribution is 6.07. The molecule has 1 aromatic carbocycles. The molecule has 1 heterocycles. The van der Waals surface area contributed by atoms with Crippen LogP contribution in [-0.2, 0) is 22.4 Å². The molecule has 1 N–H and O–H groups in total. The molecule has 1 saturated heterocycles. The number of hydrogen-bond acceptors (Lipinski definition) is 3. The van der Waals surface area contributed by atoms with Crippen molar-refractivity contribution in [3.63, 3.8) is 0 Å². The van der Waals surface area contributed by atoms with Crippen LogP contribution >= 0.6 is 0 Å². The first-order chi connectivity index (χ1) is 9.99.